The molecule has 1 N–H and O–H groups in total. The van der Waals surface area contributed by atoms with Crippen LogP contribution >= 0.6 is 15.9 Å². The van der Waals surface area contributed by atoms with Crippen molar-refractivity contribution in [3.8, 4) is 11.3 Å². The zero-order valence-corrected chi connectivity index (χ0v) is 16.2. The van der Waals surface area contributed by atoms with E-state index in [4.69, 9.17) is 0 Å². The molecule has 1 amide bonds. The lowest BCUT2D eigenvalue weighted by atomic mass is 10.1. The molecule has 0 fully saturated rings. The van der Waals surface area contributed by atoms with E-state index < -0.39 is 11.6 Å². The van der Waals surface area contributed by atoms with Crippen molar-refractivity contribution in [1.82, 2.24) is 15.1 Å². The molecule has 0 aliphatic carbocycles. The average Bonchev–Trinajstić information content (AvgIpc) is 2.66. The Kier molecular flexibility index (Phi) is 6.30. The lowest BCUT2D eigenvalue weighted by molar-refractivity contribution is -0.121. The van der Waals surface area contributed by atoms with Gasteiger partial charge in [0.15, 0.2) is 0 Å². The van der Waals surface area contributed by atoms with E-state index in [1.165, 1.54) is 10.7 Å². The lowest BCUT2D eigenvalue weighted by Gasteiger charge is -2.08. The number of hydrogen-bond acceptors (Lipinski definition) is 3. The summed E-state index contributed by atoms with van der Waals surface area (Å²) in [4.78, 5) is 24.0. The number of amides is 1. The molecule has 0 aliphatic rings. The highest BCUT2D eigenvalue weighted by Gasteiger charge is 2.08. The Labute approximate surface area is 168 Å². The highest BCUT2D eigenvalue weighted by Crippen LogP contribution is 2.18. The summed E-state index contributed by atoms with van der Waals surface area (Å²) in [6.45, 7) is 0.0846. The van der Waals surface area contributed by atoms with Crippen molar-refractivity contribution >= 4 is 21.8 Å². The van der Waals surface area contributed by atoms with Crippen molar-refractivity contribution < 1.29 is 13.6 Å². The number of carbonyl (C=O) groups excluding carboxylic acids is 1. The third-order valence-corrected chi connectivity index (χ3v) is 4.50. The minimum absolute atomic E-state index is 0.00519. The second kappa shape index (κ2) is 8.88. The van der Waals surface area contributed by atoms with E-state index in [0.717, 1.165) is 28.2 Å². The largest absolute Gasteiger partial charge is 0.352 e. The van der Waals surface area contributed by atoms with Crippen LogP contribution in [0.3, 0.4) is 0 Å². The van der Waals surface area contributed by atoms with Gasteiger partial charge in [0.1, 0.15) is 11.6 Å². The van der Waals surface area contributed by atoms with Gasteiger partial charge in [-0.1, -0.05) is 28.1 Å². The van der Waals surface area contributed by atoms with E-state index in [1.807, 2.05) is 24.3 Å². The van der Waals surface area contributed by atoms with Gasteiger partial charge in [-0.15, -0.1) is 0 Å². The highest BCUT2D eigenvalue weighted by molar-refractivity contribution is 9.10. The molecule has 0 unspecified atom stereocenters. The van der Waals surface area contributed by atoms with E-state index in [2.05, 4.69) is 26.3 Å². The van der Waals surface area contributed by atoms with Gasteiger partial charge in [-0.25, -0.2) is 13.5 Å². The molecule has 144 valence electrons. The number of hydrogen-bond donors (Lipinski definition) is 1. The van der Waals surface area contributed by atoms with Crippen LogP contribution in [0.4, 0.5) is 8.78 Å². The van der Waals surface area contributed by atoms with Gasteiger partial charge in [0, 0.05) is 35.1 Å². The molecule has 1 aromatic heterocycles. The molecule has 0 atom stereocenters. The summed E-state index contributed by atoms with van der Waals surface area (Å²) in [7, 11) is 0. The molecular weight excluding hydrogens is 432 g/mol. The van der Waals surface area contributed by atoms with Crippen LogP contribution in [-0.2, 0) is 17.9 Å². The van der Waals surface area contributed by atoms with Crippen LogP contribution in [0.5, 0.6) is 0 Å². The Bertz CT molecular complexity index is 1030. The van der Waals surface area contributed by atoms with E-state index in [-0.39, 0.29) is 31.0 Å². The summed E-state index contributed by atoms with van der Waals surface area (Å²) in [5.74, 6) is -1.76. The highest BCUT2D eigenvalue weighted by atomic mass is 79.9. The Morgan fingerprint density at radius 3 is 2.39 bits per heavy atom. The molecule has 0 bridgehead atoms. The van der Waals surface area contributed by atoms with Crippen molar-refractivity contribution in [3.63, 3.8) is 0 Å². The summed E-state index contributed by atoms with van der Waals surface area (Å²) in [6, 6.07) is 13.6. The van der Waals surface area contributed by atoms with Gasteiger partial charge in [-0.3, -0.25) is 9.59 Å². The fourth-order valence-corrected chi connectivity index (χ4v) is 2.86. The molecule has 3 aromatic rings. The smallest absolute Gasteiger partial charge is 0.266 e. The Morgan fingerprint density at radius 2 is 1.71 bits per heavy atom. The summed E-state index contributed by atoms with van der Waals surface area (Å²) < 4.78 is 28.5. The van der Waals surface area contributed by atoms with E-state index in [9.17, 15) is 18.4 Å². The first-order valence-electron chi connectivity index (χ1n) is 8.46. The fourth-order valence-electron chi connectivity index (χ4n) is 2.59. The quantitative estimate of drug-likeness (QED) is 0.626. The van der Waals surface area contributed by atoms with Crippen LogP contribution in [0.2, 0.25) is 0 Å². The third-order valence-electron chi connectivity index (χ3n) is 3.97. The van der Waals surface area contributed by atoms with Gasteiger partial charge in [0.25, 0.3) is 5.56 Å². The predicted octanol–water partition coefficient (Wildman–Crippen LogP) is 3.66. The van der Waals surface area contributed by atoms with Crippen molar-refractivity contribution in [2.75, 3.05) is 0 Å². The molecule has 0 saturated heterocycles. The van der Waals surface area contributed by atoms with E-state index in [0.29, 0.717) is 11.3 Å². The van der Waals surface area contributed by atoms with Crippen molar-refractivity contribution in [3.05, 3.63) is 86.6 Å². The maximum absolute atomic E-state index is 13.2. The Hall–Kier alpha value is -2.87. The SMILES string of the molecule is O=C(CCn1nc(-c2ccc(Br)cc2)ccc1=O)NCc1cc(F)cc(F)c1. The number of nitrogens with one attached hydrogen (secondary N) is 1. The predicted molar refractivity (Wildman–Crippen MR) is 104 cm³/mol. The van der Waals surface area contributed by atoms with E-state index >= 15 is 0 Å². The van der Waals surface area contributed by atoms with Crippen LogP contribution in [0.25, 0.3) is 11.3 Å². The monoisotopic (exact) mass is 447 g/mol. The van der Waals surface area contributed by atoms with Crippen molar-refractivity contribution in [1.29, 1.82) is 0 Å². The number of benzene rings is 2. The number of halogens is 3. The van der Waals surface area contributed by atoms with E-state index in [1.54, 1.807) is 6.07 Å². The minimum Gasteiger partial charge on any atom is -0.352 e. The van der Waals surface area contributed by atoms with Crippen LogP contribution in [-0.4, -0.2) is 15.7 Å². The normalized spacial score (nSPS) is 10.7. The van der Waals surface area contributed by atoms with Crippen molar-refractivity contribution in [2.45, 2.75) is 19.5 Å². The first kappa shape index (κ1) is 19.9. The van der Waals surface area contributed by atoms with Crippen LogP contribution < -0.4 is 10.9 Å². The van der Waals surface area contributed by atoms with Crippen LogP contribution in [0.15, 0.2) is 63.9 Å². The molecular formula is C20H16BrF2N3O2. The van der Waals surface area contributed by atoms with Crippen molar-refractivity contribution in [2.24, 2.45) is 0 Å². The lowest BCUT2D eigenvalue weighted by Crippen LogP contribution is -2.28. The summed E-state index contributed by atoms with van der Waals surface area (Å²) in [6.07, 6.45) is 0.00843. The maximum atomic E-state index is 13.2. The van der Waals surface area contributed by atoms with Crippen LogP contribution in [0, 0.1) is 11.6 Å². The molecule has 0 spiro atoms. The van der Waals surface area contributed by atoms with Gasteiger partial charge >= 0.3 is 0 Å². The molecule has 8 heteroatoms. The summed E-state index contributed by atoms with van der Waals surface area (Å²) in [5, 5.41) is 6.87. The van der Waals surface area contributed by atoms with Gasteiger partial charge in [0.05, 0.1) is 12.2 Å². The molecule has 28 heavy (non-hydrogen) atoms. The summed E-state index contributed by atoms with van der Waals surface area (Å²) in [5.41, 5.74) is 1.46. The maximum Gasteiger partial charge on any atom is 0.266 e. The Morgan fingerprint density at radius 1 is 1.04 bits per heavy atom. The third kappa shape index (κ3) is 5.32. The summed E-state index contributed by atoms with van der Waals surface area (Å²) >= 11 is 3.36. The molecule has 0 radical (unpaired) electrons. The Balaban J connectivity index is 1.62. The topological polar surface area (TPSA) is 64.0 Å². The number of rotatable bonds is 6. The molecule has 0 aliphatic heterocycles. The first-order chi connectivity index (χ1) is 13.4. The average molecular weight is 448 g/mol. The molecule has 0 saturated carbocycles. The molecule has 5 nitrogen and oxygen atoms in total. The van der Waals surface area contributed by atoms with Crippen LogP contribution in [0.1, 0.15) is 12.0 Å². The molecule has 2 aromatic carbocycles. The minimum atomic E-state index is -0.704. The molecule has 1 heterocycles. The zero-order chi connectivity index (χ0) is 20.1. The van der Waals surface area contributed by atoms with Gasteiger partial charge < -0.3 is 5.32 Å². The molecule has 3 rings (SSSR count). The zero-order valence-electron chi connectivity index (χ0n) is 14.7. The van der Waals surface area contributed by atoms with Gasteiger partial charge in [-0.2, -0.15) is 5.10 Å². The standard InChI is InChI=1S/C20H16BrF2N3O2/c21-15-3-1-14(2-4-15)18-5-6-20(28)26(25-18)8-7-19(27)24-12-13-9-16(22)11-17(23)10-13/h1-6,9-11H,7-8,12H2,(H,24,27). The number of carbonyl (C=O) groups is 1. The fraction of sp³-hybridized carbons (Fsp3) is 0.150. The number of aromatic nitrogens is 2. The second-order valence-corrected chi connectivity index (χ2v) is 7.01. The van der Waals surface area contributed by atoms with Gasteiger partial charge in [-0.05, 0) is 35.9 Å². The number of nitrogens with zero attached hydrogens (tertiary/aromatic N) is 2. The van der Waals surface area contributed by atoms with Gasteiger partial charge in [0.2, 0.25) is 5.91 Å². The second-order valence-electron chi connectivity index (χ2n) is 6.09. The number of aryl methyl sites for hydroxylation is 1. The first-order valence-corrected chi connectivity index (χ1v) is 9.26.